The number of anilines is 2. The second-order valence-electron chi connectivity index (χ2n) is 4.96. The highest BCUT2D eigenvalue weighted by molar-refractivity contribution is 9.10. The number of rotatable bonds is 3. The minimum atomic E-state index is 0.737. The molecule has 0 unspecified atom stereocenters. The summed E-state index contributed by atoms with van der Waals surface area (Å²) < 4.78 is 0.989. The van der Waals surface area contributed by atoms with E-state index < -0.39 is 0 Å². The summed E-state index contributed by atoms with van der Waals surface area (Å²) in [7, 11) is 0. The molecule has 20 heavy (non-hydrogen) atoms. The molecule has 104 valence electrons. The third-order valence-electron chi connectivity index (χ3n) is 3.56. The highest BCUT2D eigenvalue weighted by Crippen LogP contribution is 2.29. The van der Waals surface area contributed by atoms with Crippen LogP contribution in [0.4, 0.5) is 11.4 Å². The number of hydrogen-bond donors (Lipinski definition) is 2. The number of fused-ring (bicyclic) bond motifs is 1. The van der Waals surface area contributed by atoms with Crippen molar-refractivity contribution < 1.29 is 0 Å². The van der Waals surface area contributed by atoms with Gasteiger partial charge in [-0.1, -0.05) is 29.8 Å². The molecule has 2 aromatic carbocycles. The van der Waals surface area contributed by atoms with Crippen molar-refractivity contribution in [3.8, 4) is 0 Å². The summed E-state index contributed by atoms with van der Waals surface area (Å²) in [6.45, 7) is 1.87. The number of nitrogens with one attached hydrogen (secondary N) is 2. The van der Waals surface area contributed by atoms with E-state index in [1.807, 2.05) is 18.2 Å². The fourth-order valence-corrected chi connectivity index (χ4v) is 3.37. The van der Waals surface area contributed by atoms with Gasteiger partial charge in [0.2, 0.25) is 0 Å². The zero-order valence-electron chi connectivity index (χ0n) is 11.0. The van der Waals surface area contributed by atoms with E-state index in [1.54, 1.807) is 0 Å². The average molecular weight is 352 g/mol. The van der Waals surface area contributed by atoms with Gasteiger partial charge in [0.1, 0.15) is 0 Å². The first-order valence-corrected chi connectivity index (χ1v) is 7.95. The van der Waals surface area contributed by atoms with Crippen molar-refractivity contribution in [1.29, 1.82) is 0 Å². The Labute approximate surface area is 132 Å². The molecule has 0 amide bonds. The molecular formula is C16H16BrClN2. The lowest BCUT2D eigenvalue weighted by Crippen LogP contribution is -2.15. The Kier molecular flexibility index (Phi) is 4.18. The Morgan fingerprint density at radius 1 is 1.25 bits per heavy atom. The van der Waals surface area contributed by atoms with Crippen LogP contribution in [0.1, 0.15) is 17.5 Å². The Balaban J connectivity index is 1.78. The summed E-state index contributed by atoms with van der Waals surface area (Å²) >= 11 is 9.49. The zero-order chi connectivity index (χ0) is 13.9. The van der Waals surface area contributed by atoms with Gasteiger partial charge in [-0.3, -0.25) is 0 Å². The predicted octanol–water partition coefficient (Wildman–Crippen LogP) is 5.07. The standard InChI is InChI=1S/C16H16BrClN2/c17-14-9-13(18)6-7-15(14)20-10-12-4-1-3-11-5-2-8-19-16(11)12/h1,3-4,6-7,9,19-20H,2,5,8,10H2. The van der Waals surface area contributed by atoms with Crippen molar-refractivity contribution in [2.75, 3.05) is 17.2 Å². The van der Waals surface area contributed by atoms with Crippen LogP contribution in [-0.2, 0) is 13.0 Å². The lowest BCUT2D eigenvalue weighted by atomic mass is 9.99. The molecule has 0 spiro atoms. The van der Waals surface area contributed by atoms with Gasteiger partial charge in [0.15, 0.2) is 0 Å². The van der Waals surface area contributed by atoms with Crippen molar-refractivity contribution in [2.45, 2.75) is 19.4 Å². The van der Waals surface area contributed by atoms with E-state index >= 15 is 0 Å². The largest absolute Gasteiger partial charge is 0.385 e. The van der Waals surface area contributed by atoms with Gasteiger partial charge in [-0.2, -0.15) is 0 Å². The molecule has 0 saturated heterocycles. The summed E-state index contributed by atoms with van der Waals surface area (Å²) in [5.74, 6) is 0. The molecule has 1 heterocycles. The minimum Gasteiger partial charge on any atom is -0.385 e. The SMILES string of the molecule is Clc1ccc(NCc2cccc3c2NCCC3)c(Br)c1. The third-order valence-corrected chi connectivity index (χ3v) is 4.45. The molecule has 0 saturated carbocycles. The van der Waals surface area contributed by atoms with Gasteiger partial charge in [0, 0.05) is 34.0 Å². The van der Waals surface area contributed by atoms with Gasteiger partial charge in [-0.15, -0.1) is 0 Å². The van der Waals surface area contributed by atoms with E-state index in [0.29, 0.717) is 0 Å². The van der Waals surface area contributed by atoms with E-state index in [9.17, 15) is 0 Å². The third kappa shape index (κ3) is 2.94. The second-order valence-corrected chi connectivity index (χ2v) is 6.25. The molecule has 2 nitrogen and oxygen atoms in total. The van der Waals surface area contributed by atoms with Crippen molar-refractivity contribution in [2.24, 2.45) is 0 Å². The smallest absolute Gasteiger partial charge is 0.0488 e. The predicted molar refractivity (Wildman–Crippen MR) is 89.7 cm³/mol. The minimum absolute atomic E-state index is 0.737. The lowest BCUT2D eigenvalue weighted by molar-refractivity contribution is 0.825. The van der Waals surface area contributed by atoms with Crippen LogP contribution in [0.15, 0.2) is 40.9 Å². The highest BCUT2D eigenvalue weighted by Gasteiger charge is 2.12. The van der Waals surface area contributed by atoms with E-state index in [4.69, 9.17) is 11.6 Å². The van der Waals surface area contributed by atoms with Gasteiger partial charge < -0.3 is 10.6 Å². The van der Waals surface area contributed by atoms with Gasteiger partial charge in [0.05, 0.1) is 0 Å². The fraction of sp³-hybridized carbons (Fsp3) is 0.250. The maximum Gasteiger partial charge on any atom is 0.0488 e. The average Bonchev–Trinajstić information content (AvgIpc) is 2.46. The molecule has 0 atom stereocenters. The van der Waals surface area contributed by atoms with Crippen molar-refractivity contribution in [3.05, 3.63) is 57.0 Å². The molecule has 1 aliphatic rings. The molecule has 0 bridgehead atoms. The maximum absolute atomic E-state index is 5.96. The second kappa shape index (κ2) is 6.06. The maximum atomic E-state index is 5.96. The number of para-hydroxylation sites is 1. The zero-order valence-corrected chi connectivity index (χ0v) is 13.4. The Bertz CT molecular complexity index is 628. The molecule has 4 heteroatoms. The number of hydrogen-bond acceptors (Lipinski definition) is 2. The van der Waals surface area contributed by atoms with Gasteiger partial charge in [-0.05, 0) is 58.1 Å². The molecule has 0 fully saturated rings. The monoisotopic (exact) mass is 350 g/mol. The lowest BCUT2D eigenvalue weighted by Gasteiger charge is -2.21. The van der Waals surface area contributed by atoms with Crippen molar-refractivity contribution >= 4 is 38.9 Å². The summed E-state index contributed by atoms with van der Waals surface area (Å²) in [4.78, 5) is 0. The van der Waals surface area contributed by atoms with Crippen LogP contribution in [0.3, 0.4) is 0 Å². The van der Waals surface area contributed by atoms with Crippen LogP contribution in [-0.4, -0.2) is 6.54 Å². The summed E-state index contributed by atoms with van der Waals surface area (Å²) in [6, 6.07) is 12.3. The Hall–Kier alpha value is -1.19. The molecular weight excluding hydrogens is 336 g/mol. The molecule has 2 N–H and O–H groups in total. The molecule has 0 aromatic heterocycles. The molecule has 0 aliphatic carbocycles. The Morgan fingerprint density at radius 2 is 2.15 bits per heavy atom. The van der Waals surface area contributed by atoms with Crippen LogP contribution >= 0.6 is 27.5 Å². The molecule has 0 radical (unpaired) electrons. The summed E-state index contributed by atoms with van der Waals surface area (Å²) in [5.41, 5.74) is 5.09. The highest BCUT2D eigenvalue weighted by atomic mass is 79.9. The van der Waals surface area contributed by atoms with E-state index in [1.165, 1.54) is 29.7 Å². The first-order chi connectivity index (χ1) is 9.74. The number of benzene rings is 2. The fourth-order valence-electron chi connectivity index (χ4n) is 2.55. The molecule has 2 aromatic rings. The van der Waals surface area contributed by atoms with Gasteiger partial charge in [-0.25, -0.2) is 0 Å². The first-order valence-electron chi connectivity index (χ1n) is 6.77. The molecule has 3 rings (SSSR count). The van der Waals surface area contributed by atoms with Crippen LogP contribution < -0.4 is 10.6 Å². The van der Waals surface area contributed by atoms with Crippen LogP contribution in [0.2, 0.25) is 5.02 Å². The van der Waals surface area contributed by atoms with Crippen LogP contribution in [0.5, 0.6) is 0 Å². The van der Waals surface area contributed by atoms with Crippen LogP contribution in [0.25, 0.3) is 0 Å². The van der Waals surface area contributed by atoms with Gasteiger partial charge in [0.25, 0.3) is 0 Å². The normalized spacial score (nSPS) is 13.5. The first kappa shape index (κ1) is 13.8. The van der Waals surface area contributed by atoms with E-state index in [-0.39, 0.29) is 0 Å². The Morgan fingerprint density at radius 3 is 3.00 bits per heavy atom. The van der Waals surface area contributed by atoms with Crippen LogP contribution in [0, 0.1) is 0 Å². The number of aryl methyl sites for hydroxylation is 1. The van der Waals surface area contributed by atoms with Crippen molar-refractivity contribution in [1.82, 2.24) is 0 Å². The van der Waals surface area contributed by atoms with Gasteiger partial charge >= 0.3 is 0 Å². The summed E-state index contributed by atoms with van der Waals surface area (Å²) in [5, 5.41) is 7.72. The number of halogens is 2. The van der Waals surface area contributed by atoms with E-state index in [0.717, 1.165) is 28.3 Å². The van der Waals surface area contributed by atoms with E-state index in [2.05, 4.69) is 44.8 Å². The molecule has 1 aliphatic heterocycles. The quantitative estimate of drug-likeness (QED) is 0.806. The topological polar surface area (TPSA) is 24.1 Å². The summed E-state index contributed by atoms with van der Waals surface area (Å²) in [6.07, 6.45) is 2.38. The van der Waals surface area contributed by atoms with Crippen molar-refractivity contribution in [3.63, 3.8) is 0 Å².